The number of hydrogen-bond acceptors (Lipinski definition) is 7. The Labute approximate surface area is 229 Å². The fraction of sp³-hybridized carbons (Fsp3) is 0.300. The van der Waals surface area contributed by atoms with Crippen molar-refractivity contribution in [3.05, 3.63) is 64.2 Å². The molecule has 3 heterocycles. The summed E-state index contributed by atoms with van der Waals surface area (Å²) >= 11 is 6.92. The summed E-state index contributed by atoms with van der Waals surface area (Å²) in [5.41, 5.74) is 5.88. The van der Waals surface area contributed by atoms with E-state index in [1.807, 2.05) is 42.5 Å². The van der Waals surface area contributed by atoms with Crippen molar-refractivity contribution in [3.63, 3.8) is 0 Å². The molecule has 0 unspecified atom stereocenters. The zero-order valence-corrected chi connectivity index (χ0v) is 21.7. The summed E-state index contributed by atoms with van der Waals surface area (Å²) in [6.07, 6.45) is 2.23. The van der Waals surface area contributed by atoms with E-state index in [9.17, 15) is 15.2 Å². The number of carboxylic acid groups (broad SMARTS) is 1. The second-order valence-corrected chi connectivity index (χ2v) is 10.6. The first-order chi connectivity index (χ1) is 19.0. The number of benzene rings is 3. The van der Waals surface area contributed by atoms with Gasteiger partial charge in [0.15, 0.2) is 17.1 Å². The molecule has 4 aromatic rings. The number of nitriles is 1. The van der Waals surface area contributed by atoms with Crippen LogP contribution in [-0.2, 0) is 11.2 Å². The van der Waals surface area contributed by atoms with Crippen LogP contribution in [0.3, 0.4) is 0 Å². The van der Waals surface area contributed by atoms with Gasteiger partial charge in [0.1, 0.15) is 30.4 Å². The minimum Gasteiger partial charge on any atom is -0.486 e. The lowest BCUT2D eigenvalue weighted by Gasteiger charge is -2.24. The number of rotatable bonds is 4. The summed E-state index contributed by atoms with van der Waals surface area (Å²) in [5.74, 6) is 0.630. The average molecular weight is 542 g/mol. The third-order valence-electron chi connectivity index (χ3n) is 8.05. The number of ether oxygens (including phenoxy) is 2. The van der Waals surface area contributed by atoms with E-state index < -0.39 is 5.97 Å². The second kappa shape index (κ2) is 9.30. The maximum Gasteiger partial charge on any atom is 0.307 e. The number of nitrogens with zero attached hydrogens (tertiary/aromatic N) is 3. The highest BCUT2D eigenvalue weighted by atomic mass is 35.5. The molecule has 0 amide bonds. The standard InChI is InChI=1S/C30H24ClN3O5/c31-27-18(16-4-7-25-26(12-16)38-11-10-37-25)2-1-3-20(27)29-33-23-13-21-19(22(14-32)28(23)39-29)5-6-24(21)34-9-8-17(15-34)30(35)36/h1-4,7,12-13,17,24H,5-6,8-11,15H2,(H,35,36)/t17-,24+/m1/s1. The number of halogens is 1. The topological polar surface area (TPSA) is 109 Å². The van der Waals surface area contributed by atoms with Crippen LogP contribution in [0.25, 0.3) is 33.7 Å². The summed E-state index contributed by atoms with van der Waals surface area (Å²) < 4.78 is 17.6. The first-order valence-electron chi connectivity index (χ1n) is 13.0. The van der Waals surface area contributed by atoms with E-state index in [2.05, 4.69) is 11.0 Å². The Balaban J connectivity index is 1.28. The van der Waals surface area contributed by atoms with E-state index in [0.717, 1.165) is 41.6 Å². The molecule has 196 valence electrons. The Kier molecular flexibility index (Phi) is 5.72. The average Bonchev–Trinajstić information content (AvgIpc) is 3.70. The number of aliphatic carboxylic acids is 1. The van der Waals surface area contributed by atoms with E-state index in [1.165, 1.54) is 0 Å². The molecule has 1 fully saturated rings. The highest BCUT2D eigenvalue weighted by Gasteiger charge is 2.37. The van der Waals surface area contributed by atoms with Gasteiger partial charge in [-0.1, -0.05) is 29.8 Å². The smallest absolute Gasteiger partial charge is 0.307 e. The van der Waals surface area contributed by atoms with Gasteiger partial charge < -0.3 is 19.0 Å². The number of aromatic nitrogens is 1. The normalized spacial score (nSPS) is 20.2. The number of oxazole rings is 1. The lowest BCUT2D eigenvalue weighted by Crippen LogP contribution is -2.26. The quantitative estimate of drug-likeness (QED) is 0.342. The van der Waals surface area contributed by atoms with Crippen molar-refractivity contribution in [1.29, 1.82) is 5.26 Å². The molecule has 9 heteroatoms. The molecule has 1 N–H and O–H groups in total. The number of hydrogen-bond donors (Lipinski definition) is 1. The maximum atomic E-state index is 11.5. The molecule has 2 aliphatic heterocycles. The van der Waals surface area contributed by atoms with Gasteiger partial charge in [-0.15, -0.1) is 0 Å². The van der Waals surface area contributed by atoms with Gasteiger partial charge in [-0.3, -0.25) is 9.69 Å². The van der Waals surface area contributed by atoms with Crippen LogP contribution >= 0.6 is 11.6 Å². The van der Waals surface area contributed by atoms with Gasteiger partial charge in [0, 0.05) is 18.2 Å². The Morgan fingerprint density at radius 1 is 1.10 bits per heavy atom. The lowest BCUT2D eigenvalue weighted by atomic mass is 10.0. The van der Waals surface area contributed by atoms with Crippen LogP contribution in [0, 0.1) is 17.2 Å². The van der Waals surface area contributed by atoms with Crippen LogP contribution in [0.1, 0.15) is 35.6 Å². The van der Waals surface area contributed by atoms with Crippen molar-refractivity contribution in [2.45, 2.75) is 25.3 Å². The second-order valence-electron chi connectivity index (χ2n) is 10.2. The molecular weight excluding hydrogens is 518 g/mol. The third kappa shape index (κ3) is 3.92. The molecule has 2 atom stereocenters. The molecule has 0 saturated carbocycles. The molecule has 0 radical (unpaired) electrons. The maximum absolute atomic E-state index is 11.5. The zero-order valence-electron chi connectivity index (χ0n) is 20.9. The molecule has 7 rings (SSSR count). The SMILES string of the molecule is N#Cc1c2c(cc3nc(-c4cccc(-c5ccc6c(c5)OCCO6)c4Cl)oc13)[C@@H](N1CC[C@@H](C(=O)O)C1)CC2. The Morgan fingerprint density at radius 3 is 2.72 bits per heavy atom. The van der Waals surface area contributed by atoms with E-state index in [4.69, 9.17) is 30.5 Å². The fourth-order valence-corrected chi connectivity index (χ4v) is 6.46. The molecule has 3 aliphatic rings. The van der Waals surface area contributed by atoms with Crippen molar-refractivity contribution in [2.75, 3.05) is 26.3 Å². The van der Waals surface area contributed by atoms with Crippen LogP contribution in [0.15, 0.2) is 46.9 Å². The molecule has 1 saturated heterocycles. The van der Waals surface area contributed by atoms with Crippen molar-refractivity contribution in [3.8, 4) is 40.1 Å². The molecule has 0 spiro atoms. The van der Waals surface area contributed by atoms with E-state index in [-0.39, 0.29) is 12.0 Å². The van der Waals surface area contributed by atoms with Crippen LogP contribution in [0.5, 0.6) is 11.5 Å². The van der Waals surface area contributed by atoms with Crippen molar-refractivity contribution in [2.24, 2.45) is 5.92 Å². The van der Waals surface area contributed by atoms with Crippen LogP contribution in [0.4, 0.5) is 0 Å². The third-order valence-corrected chi connectivity index (χ3v) is 8.46. The summed E-state index contributed by atoms with van der Waals surface area (Å²) in [5, 5.41) is 20.1. The van der Waals surface area contributed by atoms with Crippen molar-refractivity contribution >= 4 is 28.7 Å². The minimum absolute atomic E-state index is 0.0723. The molecule has 1 aliphatic carbocycles. The Hall–Kier alpha value is -4.06. The van der Waals surface area contributed by atoms with Gasteiger partial charge in [0.2, 0.25) is 5.89 Å². The summed E-state index contributed by atoms with van der Waals surface area (Å²) in [7, 11) is 0. The predicted molar refractivity (Wildman–Crippen MR) is 144 cm³/mol. The molecule has 3 aromatic carbocycles. The number of carboxylic acids is 1. The zero-order chi connectivity index (χ0) is 26.7. The number of carbonyl (C=O) groups is 1. The molecule has 8 nitrogen and oxygen atoms in total. The summed E-state index contributed by atoms with van der Waals surface area (Å²) in [6.45, 7) is 2.27. The lowest BCUT2D eigenvalue weighted by molar-refractivity contribution is -0.141. The number of likely N-dealkylation sites (tertiary alicyclic amines) is 1. The highest BCUT2D eigenvalue weighted by molar-refractivity contribution is 6.36. The summed E-state index contributed by atoms with van der Waals surface area (Å²) in [4.78, 5) is 18.5. The van der Waals surface area contributed by atoms with Crippen molar-refractivity contribution in [1.82, 2.24) is 9.88 Å². The minimum atomic E-state index is -0.750. The van der Waals surface area contributed by atoms with Gasteiger partial charge in [-0.05, 0) is 66.8 Å². The molecule has 1 aromatic heterocycles. The Bertz CT molecular complexity index is 1690. The Morgan fingerprint density at radius 2 is 1.92 bits per heavy atom. The van der Waals surface area contributed by atoms with Gasteiger partial charge in [0.05, 0.1) is 16.5 Å². The predicted octanol–water partition coefficient (Wildman–Crippen LogP) is 5.85. The monoisotopic (exact) mass is 541 g/mol. The highest BCUT2D eigenvalue weighted by Crippen LogP contribution is 2.45. The van der Waals surface area contributed by atoms with Gasteiger partial charge in [0.25, 0.3) is 0 Å². The van der Waals surface area contributed by atoms with Crippen molar-refractivity contribution < 1.29 is 23.8 Å². The van der Waals surface area contributed by atoms with E-state index in [0.29, 0.717) is 70.8 Å². The van der Waals surface area contributed by atoms with Crippen LogP contribution < -0.4 is 9.47 Å². The number of fused-ring (bicyclic) bond motifs is 3. The first-order valence-corrected chi connectivity index (χ1v) is 13.4. The fourth-order valence-electron chi connectivity index (χ4n) is 6.14. The molecule has 39 heavy (non-hydrogen) atoms. The van der Waals surface area contributed by atoms with Gasteiger partial charge in [-0.2, -0.15) is 5.26 Å². The molecule has 0 bridgehead atoms. The van der Waals surface area contributed by atoms with Crippen LogP contribution in [0.2, 0.25) is 5.02 Å². The largest absolute Gasteiger partial charge is 0.486 e. The van der Waals surface area contributed by atoms with Crippen LogP contribution in [-0.4, -0.2) is 47.3 Å². The summed E-state index contributed by atoms with van der Waals surface area (Å²) in [6, 6.07) is 15.8. The van der Waals surface area contributed by atoms with E-state index >= 15 is 0 Å². The van der Waals surface area contributed by atoms with Gasteiger partial charge in [-0.25, -0.2) is 4.98 Å². The van der Waals surface area contributed by atoms with Gasteiger partial charge >= 0.3 is 5.97 Å². The van der Waals surface area contributed by atoms with E-state index in [1.54, 1.807) is 0 Å². The molecular formula is C30H24ClN3O5. The first kappa shape index (κ1) is 24.0.